The Labute approximate surface area is 119 Å². The molecule has 2 rings (SSSR count). The van der Waals surface area contributed by atoms with Crippen molar-refractivity contribution in [2.45, 2.75) is 25.5 Å². The lowest BCUT2D eigenvalue weighted by Gasteiger charge is -2.18. The fraction of sp³-hybridized carbons (Fsp3) is 0.462. The number of nitrogens with zero attached hydrogens (tertiary/aromatic N) is 3. The van der Waals surface area contributed by atoms with E-state index in [4.69, 9.17) is 15.0 Å². The zero-order valence-corrected chi connectivity index (χ0v) is 11.2. The molecule has 3 atom stereocenters. The van der Waals surface area contributed by atoms with Crippen LogP contribution in [-0.4, -0.2) is 24.7 Å². The van der Waals surface area contributed by atoms with Crippen LogP contribution in [0.2, 0.25) is 0 Å². The number of ether oxygens (including phenoxy) is 2. The number of halogens is 2. The van der Waals surface area contributed by atoms with Crippen molar-refractivity contribution in [3.8, 4) is 5.75 Å². The van der Waals surface area contributed by atoms with E-state index >= 15 is 0 Å². The second-order valence-corrected chi connectivity index (χ2v) is 4.80. The number of cyclic esters (lactones) is 1. The minimum Gasteiger partial charge on any atom is -0.493 e. The Morgan fingerprint density at radius 3 is 2.67 bits per heavy atom. The molecule has 21 heavy (non-hydrogen) atoms. The number of hydrogen-bond donors (Lipinski definition) is 0. The molecule has 1 aliphatic heterocycles. The van der Waals surface area contributed by atoms with Gasteiger partial charge in [-0.1, -0.05) is 12.0 Å². The maximum Gasteiger partial charge on any atom is 0.309 e. The third-order valence-electron chi connectivity index (χ3n) is 3.14. The van der Waals surface area contributed by atoms with Gasteiger partial charge >= 0.3 is 5.97 Å². The molecule has 0 aliphatic carbocycles. The number of rotatable bonds is 5. The van der Waals surface area contributed by atoms with Crippen LogP contribution in [0.5, 0.6) is 5.75 Å². The van der Waals surface area contributed by atoms with Crippen molar-refractivity contribution in [2.24, 2.45) is 11.0 Å². The van der Waals surface area contributed by atoms with Gasteiger partial charge in [0, 0.05) is 23.1 Å². The summed E-state index contributed by atoms with van der Waals surface area (Å²) < 4.78 is 36.4. The highest BCUT2D eigenvalue weighted by molar-refractivity contribution is 5.74. The molecule has 1 fully saturated rings. The molecule has 0 radical (unpaired) electrons. The number of azide groups is 1. The summed E-state index contributed by atoms with van der Waals surface area (Å²) in [6.45, 7) is 1.57. The maximum atomic E-state index is 13.0. The largest absolute Gasteiger partial charge is 0.493 e. The summed E-state index contributed by atoms with van der Waals surface area (Å²) in [6.07, 6.45) is -0.189. The van der Waals surface area contributed by atoms with Crippen LogP contribution < -0.4 is 4.74 Å². The summed E-state index contributed by atoms with van der Waals surface area (Å²) in [4.78, 5) is 14.0. The quantitative estimate of drug-likeness (QED) is 0.362. The maximum absolute atomic E-state index is 13.0. The van der Waals surface area contributed by atoms with Crippen LogP contribution in [-0.2, 0) is 9.53 Å². The van der Waals surface area contributed by atoms with E-state index in [1.165, 1.54) is 0 Å². The third kappa shape index (κ3) is 3.82. The predicted octanol–water partition coefficient (Wildman–Crippen LogP) is 2.97. The van der Waals surface area contributed by atoms with Crippen LogP contribution in [0.1, 0.15) is 13.3 Å². The van der Waals surface area contributed by atoms with Crippen molar-refractivity contribution in [2.75, 3.05) is 6.61 Å². The van der Waals surface area contributed by atoms with Gasteiger partial charge in [-0.15, -0.1) is 0 Å². The van der Waals surface area contributed by atoms with Crippen LogP contribution in [0.3, 0.4) is 0 Å². The molecule has 1 aliphatic rings. The molecule has 0 unspecified atom stereocenters. The Hall–Kier alpha value is -2.34. The van der Waals surface area contributed by atoms with Gasteiger partial charge in [-0.3, -0.25) is 4.79 Å². The van der Waals surface area contributed by atoms with E-state index < -0.39 is 23.8 Å². The van der Waals surface area contributed by atoms with Gasteiger partial charge in [0.2, 0.25) is 0 Å². The fourth-order valence-electron chi connectivity index (χ4n) is 2.07. The fourth-order valence-corrected chi connectivity index (χ4v) is 2.07. The Morgan fingerprint density at radius 1 is 1.48 bits per heavy atom. The Bertz CT molecular complexity index is 570. The topological polar surface area (TPSA) is 84.3 Å². The first-order chi connectivity index (χ1) is 9.99. The molecule has 0 amide bonds. The second-order valence-electron chi connectivity index (χ2n) is 4.80. The second kappa shape index (κ2) is 6.41. The van der Waals surface area contributed by atoms with Gasteiger partial charge in [0.1, 0.15) is 36.1 Å². The van der Waals surface area contributed by atoms with Crippen LogP contribution >= 0.6 is 0 Å². The highest BCUT2D eigenvalue weighted by atomic mass is 19.1. The van der Waals surface area contributed by atoms with Gasteiger partial charge in [-0.05, 0) is 12.0 Å². The molecule has 8 heteroatoms. The first-order valence-electron chi connectivity index (χ1n) is 6.33. The van der Waals surface area contributed by atoms with Crippen molar-refractivity contribution in [3.05, 3.63) is 40.3 Å². The lowest BCUT2D eigenvalue weighted by molar-refractivity contribution is -0.144. The summed E-state index contributed by atoms with van der Waals surface area (Å²) in [6, 6.07) is 1.99. The van der Waals surface area contributed by atoms with Gasteiger partial charge in [0.15, 0.2) is 0 Å². The van der Waals surface area contributed by atoms with E-state index in [0.717, 1.165) is 18.2 Å². The molecule has 112 valence electrons. The number of benzene rings is 1. The van der Waals surface area contributed by atoms with Gasteiger partial charge in [-0.2, -0.15) is 0 Å². The van der Waals surface area contributed by atoms with Crippen molar-refractivity contribution in [3.63, 3.8) is 0 Å². The van der Waals surface area contributed by atoms with Gasteiger partial charge in [0.25, 0.3) is 0 Å². The van der Waals surface area contributed by atoms with Gasteiger partial charge in [-0.25, -0.2) is 8.78 Å². The summed E-state index contributed by atoms with van der Waals surface area (Å²) in [5, 5.41) is 3.53. The summed E-state index contributed by atoms with van der Waals surface area (Å²) in [5.41, 5.74) is 8.56. The van der Waals surface area contributed by atoms with E-state index in [1.54, 1.807) is 6.92 Å². The molecule has 1 aromatic carbocycles. The normalized spacial score (nSPS) is 22.3. The highest BCUT2D eigenvalue weighted by Crippen LogP contribution is 2.25. The van der Waals surface area contributed by atoms with Crippen molar-refractivity contribution in [1.82, 2.24) is 0 Å². The van der Waals surface area contributed by atoms with E-state index in [1.807, 2.05) is 0 Å². The molecule has 0 N–H and O–H groups in total. The first-order valence-corrected chi connectivity index (χ1v) is 6.33. The highest BCUT2D eigenvalue weighted by Gasteiger charge is 2.36. The van der Waals surface area contributed by atoms with Crippen LogP contribution in [0.4, 0.5) is 8.78 Å². The number of esters is 1. The van der Waals surface area contributed by atoms with Gasteiger partial charge < -0.3 is 9.47 Å². The zero-order chi connectivity index (χ0) is 15.4. The monoisotopic (exact) mass is 297 g/mol. The average molecular weight is 297 g/mol. The zero-order valence-electron chi connectivity index (χ0n) is 11.2. The van der Waals surface area contributed by atoms with Crippen molar-refractivity contribution in [1.29, 1.82) is 0 Å². The molecule has 1 heterocycles. The van der Waals surface area contributed by atoms with Crippen LogP contribution in [0.15, 0.2) is 23.3 Å². The average Bonchev–Trinajstić information content (AvgIpc) is 2.73. The van der Waals surface area contributed by atoms with Crippen molar-refractivity contribution < 1.29 is 23.0 Å². The number of hydrogen-bond acceptors (Lipinski definition) is 4. The van der Waals surface area contributed by atoms with Crippen molar-refractivity contribution >= 4 is 5.97 Å². The minimum atomic E-state index is -0.772. The van der Waals surface area contributed by atoms with E-state index in [9.17, 15) is 13.6 Å². The number of carbonyl (C=O) groups excluding carboxylic acids is 1. The Balaban J connectivity index is 2.03. The summed E-state index contributed by atoms with van der Waals surface area (Å²) >= 11 is 0. The first kappa shape index (κ1) is 15.1. The molecule has 6 nitrogen and oxygen atoms in total. The molecule has 1 saturated heterocycles. The smallest absolute Gasteiger partial charge is 0.309 e. The van der Waals surface area contributed by atoms with E-state index in [0.29, 0.717) is 6.42 Å². The third-order valence-corrected chi connectivity index (χ3v) is 3.14. The van der Waals surface area contributed by atoms with Crippen LogP contribution in [0.25, 0.3) is 10.4 Å². The summed E-state index contributed by atoms with van der Waals surface area (Å²) in [7, 11) is 0. The molecular formula is C13H13F2N3O3. The summed E-state index contributed by atoms with van der Waals surface area (Å²) in [5.74, 6) is -2.21. The molecule has 1 aromatic rings. The van der Waals surface area contributed by atoms with E-state index in [-0.39, 0.29) is 24.2 Å². The van der Waals surface area contributed by atoms with Gasteiger partial charge in [0.05, 0.1) is 5.92 Å². The lowest BCUT2D eigenvalue weighted by atomic mass is 10.0. The predicted molar refractivity (Wildman–Crippen MR) is 68.4 cm³/mol. The molecular weight excluding hydrogens is 284 g/mol. The molecule has 0 aromatic heterocycles. The number of carbonyl (C=O) groups is 1. The Kier molecular flexibility index (Phi) is 4.59. The lowest BCUT2D eigenvalue weighted by Crippen LogP contribution is -2.30. The SMILES string of the molecule is C[C@H]1C[C@@H]([C@H](COc2cc(F)cc(F)c2)N=[N+]=[N-])OC1=O. The molecule has 0 spiro atoms. The standard InChI is InChI=1S/C13H13F2N3O3/c1-7-2-12(21-13(7)19)11(17-18-16)6-20-10-4-8(14)3-9(15)5-10/h3-5,7,11-12H,2,6H2,1H3/t7-,11-,12-/m0/s1. The molecule has 0 bridgehead atoms. The van der Waals surface area contributed by atoms with Crippen LogP contribution in [0, 0.1) is 17.6 Å². The Morgan fingerprint density at radius 2 is 2.14 bits per heavy atom. The molecule has 0 saturated carbocycles. The van der Waals surface area contributed by atoms with E-state index in [2.05, 4.69) is 10.0 Å². The minimum absolute atomic E-state index is 0.0250.